The molecule has 0 aliphatic heterocycles. The second-order valence-electron chi connectivity index (χ2n) is 3.94. The molecule has 2 amide bonds. The summed E-state index contributed by atoms with van der Waals surface area (Å²) >= 11 is 0. The van der Waals surface area contributed by atoms with Crippen LogP contribution in [0.1, 0.15) is 23.0 Å². The molecule has 18 heavy (non-hydrogen) atoms. The summed E-state index contributed by atoms with van der Waals surface area (Å²) in [5.74, 6) is 0.0869. The van der Waals surface area contributed by atoms with Gasteiger partial charge in [0.2, 0.25) is 5.91 Å². The van der Waals surface area contributed by atoms with Gasteiger partial charge in [-0.25, -0.2) is 4.98 Å². The Morgan fingerprint density at radius 1 is 1.28 bits per heavy atom. The summed E-state index contributed by atoms with van der Waals surface area (Å²) < 4.78 is 0. The van der Waals surface area contributed by atoms with Crippen LogP contribution >= 0.6 is 0 Å². The zero-order valence-electron chi connectivity index (χ0n) is 11.0. The third-order valence-corrected chi connectivity index (χ3v) is 2.46. The molecule has 0 bridgehead atoms. The number of nitrogens with one attached hydrogen (secondary N) is 3. The van der Waals surface area contributed by atoms with Gasteiger partial charge in [-0.2, -0.15) is 0 Å². The number of aryl methyl sites for hydroxylation is 1. The van der Waals surface area contributed by atoms with Crippen molar-refractivity contribution in [3.8, 4) is 0 Å². The Hall–Kier alpha value is -2.11. The second kappa shape index (κ2) is 6.00. The van der Waals surface area contributed by atoms with Crippen LogP contribution in [0.25, 0.3) is 0 Å². The van der Waals surface area contributed by atoms with E-state index in [1.807, 2.05) is 0 Å². The van der Waals surface area contributed by atoms with Crippen molar-refractivity contribution in [2.75, 3.05) is 19.4 Å². The van der Waals surface area contributed by atoms with E-state index in [0.717, 1.165) is 5.69 Å². The monoisotopic (exact) mass is 250 g/mol. The van der Waals surface area contributed by atoms with E-state index >= 15 is 0 Å². The predicted molar refractivity (Wildman–Crippen MR) is 69.5 cm³/mol. The normalized spacial score (nSPS) is 11.6. The van der Waals surface area contributed by atoms with Crippen molar-refractivity contribution in [3.63, 3.8) is 0 Å². The Morgan fingerprint density at radius 3 is 2.50 bits per heavy atom. The largest absolute Gasteiger partial charge is 0.373 e. The maximum absolute atomic E-state index is 11.9. The summed E-state index contributed by atoms with van der Waals surface area (Å²) in [7, 11) is 3.26. The highest BCUT2D eigenvalue weighted by molar-refractivity contribution is 5.97. The SMILES string of the molecule is CNC(=O)C(C)NC(=O)c1cc(C)nc(NC)c1. The van der Waals surface area contributed by atoms with Gasteiger partial charge >= 0.3 is 0 Å². The third-order valence-electron chi connectivity index (χ3n) is 2.46. The lowest BCUT2D eigenvalue weighted by molar-refractivity contribution is -0.122. The Kier molecular flexibility index (Phi) is 4.65. The number of likely N-dealkylation sites (N-methyl/N-ethyl adjacent to an activating group) is 1. The van der Waals surface area contributed by atoms with Crippen LogP contribution in [0, 0.1) is 6.92 Å². The maximum atomic E-state index is 11.9. The van der Waals surface area contributed by atoms with Crippen LogP contribution < -0.4 is 16.0 Å². The molecule has 6 nitrogen and oxygen atoms in total. The van der Waals surface area contributed by atoms with E-state index in [9.17, 15) is 9.59 Å². The molecule has 98 valence electrons. The minimum Gasteiger partial charge on any atom is -0.373 e. The number of nitrogens with zero attached hydrogens (tertiary/aromatic N) is 1. The van der Waals surface area contributed by atoms with Gasteiger partial charge in [-0.05, 0) is 26.0 Å². The minimum absolute atomic E-state index is 0.233. The first kappa shape index (κ1) is 14.0. The van der Waals surface area contributed by atoms with E-state index in [1.54, 1.807) is 33.0 Å². The number of rotatable bonds is 4. The molecule has 0 aliphatic carbocycles. The molecule has 0 fully saturated rings. The molecular weight excluding hydrogens is 232 g/mol. The van der Waals surface area contributed by atoms with E-state index in [-0.39, 0.29) is 11.8 Å². The molecule has 3 N–H and O–H groups in total. The Morgan fingerprint density at radius 2 is 1.94 bits per heavy atom. The van der Waals surface area contributed by atoms with E-state index in [4.69, 9.17) is 0 Å². The number of hydrogen-bond donors (Lipinski definition) is 3. The van der Waals surface area contributed by atoms with Crippen molar-refractivity contribution in [2.24, 2.45) is 0 Å². The Bertz CT molecular complexity index is 459. The van der Waals surface area contributed by atoms with E-state index in [1.165, 1.54) is 7.05 Å². The first-order chi connectivity index (χ1) is 8.47. The van der Waals surface area contributed by atoms with Crippen LogP contribution in [0.4, 0.5) is 5.82 Å². The quantitative estimate of drug-likeness (QED) is 0.717. The molecule has 0 aliphatic rings. The number of carbonyl (C=O) groups excluding carboxylic acids is 2. The highest BCUT2D eigenvalue weighted by Crippen LogP contribution is 2.09. The number of hydrogen-bond acceptors (Lipinski definition) is 4. The average Bonchev–Trinajstić information content (AvgIpc) is 2.36. The molecule has 1 aromatic heterocycles. The van der Waals surface area contributed by atoms with E-state index < -0.39 is 6.04 Å². The lowest BCUT2D eigenvalue weighted by Crippen LogP contribution is -2.43. The van der Waals surface area contributed by atoms with Crippen molar-refractivity contribution in [3.05, 3.63) is 23.4 Å². The lowest BCUT2D eigenvalue weighted by Gasteiger charge is -2.13. The minimum atomic E-state index is -0.575. The number of amides is 2. The maximum Gasteiger partial charge on any atom is 0.252 e. The van der Waals surface area contributed by atoms with Crippen LogP contribution in [0.5, 0.6) is 0 Å². The molecule has 1 rings (SSSR count). The summed E-state index contributed by atoms with van der Waals surface area (Å²) in [5.41, 5.74) is 1.21. The first-order valence-corrected chi connectivity index (χ1v) is 5.66. The molecule has 1 atom stereocenters. The summed E-state index contributed by atoms with van der Waals surface area (Å²) in [6, 6.07) is 2.74. The van der Waals surface area contributed by atoms with Gasteiger partial charge in [0.15, 0.2) is 0 Å². The number of carbonyl (C=O) groups is 2. The summed E-state index contributed by atoms with van der Waals surface area (Å²) in [6.07, 6.45) is 0. The van der Waals surface area contributed by atoms with Gasteiger partial charge in [-0.3, -0.25) is 9.59 Å². The smallest absolute Gasteiger partial charge is 0.252 e. The standard InChI is InChI=1S/C12H18N4O2/c1-7-5-9(6-10(13-3)15-7)12(18)16-8(2)11(17)14-4/h5-6,8H,1-4H3,(H,13,15)(H,14,17)(H,16,18). The molecule has 1 heterocycles. The zero-order valence-corrected chi connectivity index (χ0v) is 11.0. The average molecular weight is 250 g/mol. The molecule has 0 saturated heterocycles. The lowest BCUT2D eigenvalue weighted by atomic mass is 10.2. The van der Waals surface area contributed by atoms with Crippen LogP contribution in [0.3, 0.4) is 0 Å². The number of aromatic nitrogens is 1. The summed E-state index contributed by atoms with van der Waals surface area (Å²) in [4.78, 5) is 27.5. The molecular formula is C12H18N4O2. The van der Waals surface area contributed by atoms with Crippen molar-refractivity contribution >= 4 is 17.6 Å². The fraction of sp³-hybridized carbons (Fsp3) is 0.417. The summed E-state index contributed by atoms with van der Waals surface area (Å²) in [5, 5.41) is 7.98. The fourth-order valence-electron chi connectivity index (χ4n) is 1.49. The molecule has 0 saturated carbocycles. The number of anilines is 1. The van der Waals surface area contributed by atoms with E-state index in [2.05, 4.69) is 20.9 Å². The molecule has 0 radical (unpaired) electrons. The predicted octanol–water partition coefficient (Wildman–Crippen LogP) is 0.296. The second-order valence-corrected chi connectivity index (χ2v) is 3.94. The molecule has 0 spiro atoms. The molecule has 1 unspecified atom stereocenters. The zero-order chi connectivity index (χ0) is 13.7. The van der Waals surface area contributed by atoms with Crippen molar-refractivity contribution < 1.29 is 9.59 Å². The third kappa shape index (κ3) is 3.44. The van der Waals surface area contributed by atoms with Gasteiger partial charge in [0, 0.05) is 25.4 Å². The van der Waals surface area contributed by atoms with Gasteiger partial charge in [0.1, 0.15) is 11.9 Å². The van der Waals surface area contributed by atoms with E-state index in [0.29, 0.717) is 11.4 Å². The van der Waals surface area contributed by atoms with Gasteiger partial charge in [0.25, 0.3) is 5.91 Å². The Labute approximate surface area is 106 Å². The number of pyridine rings is 1. The highest BCUT2D eigenvalue weighted by atomic mass is 16.2. The van der Waals surface area contributed by atoms with Crippen molar-refractivity contribution in [2.45, 2.75) is 19.9 Å². The van der Waals surface area contributed by atoms with Crippen LogP contribution in [-0.4, -0.2) is 36.9 Å². The fourth-order valence-corrected chi connectivity index (χ4v) is 1.49. The summed E-state index contributed by atoms with van der Waals surface area (Å²) in [6.45, 7) is 3.43. The molecule has 6 heteroatoms. The van der Waals surface area contributed by atoms with Crippen LogP contribution in [0.2, 0.25) is 0 Å². The molecule has 0 aromatic carbocycles. The first-order valence-electron chi connectivity index (χ1n) is 5.66. The van der Waals surface area contributed by atoms with Gasteiger partial charge < -0.3 is 16.0 Å². The molecule has 1 aromatic rings. The van der Waals surface area contributed by atoms with Gasteiger partial charge in [-0.1, -0.05) is 0 Å². The van der Waals surface area contributed by atoms with Crippen LogP contribution in [0.15, 0.2) is 12.1 Å². The van der Waals surface area contributed by atoms with Crippen LogP contribution in [-0.2, 0) is 4.79 Å². The topological polar surface area (TPSA) is 83.1 Å². The van der Waals surface area contributed by atoms with Crippen molar-refractivity contribution in [1.82, 2.24) is 15.6 Å². The van der Waals surface area contributed by atoms with Gasteiger partial charge in [0.05, 0.1) is 0 Å². The van der Waals surface area contributed by atoms with Gasteiger partial charge in [-0.15, -0.1) is 0 Å². The highest BCUT2D eigenvalue weighted by Gasteiger charge is 2.15. The Balaban J connectivity index is 2.84. The van der Waals surface area contributed by atoms with Crippen molar-refractivity contribution in [1.29, 1.82) is 0 Å².